The van der Waals surface area contributed by atoms with Crippen molar-refractivity contribution in [2.45, 2.75) is 12.8 Å². The van der Waals surface area contributed by atoms with Gasteiger partial charge in [0.2, 0.25) is 0 Å². The first kappa shape index (κ1) is 17.4. The number of nitrogens with one attached hydrogen (secondary N) is 1. The van der Waals surface area contributed by atoms with E-state index < -0.39 is 0 Å². The summed E-state index contributed by atoms with van der Waals surface area (Å²) in [6, 6.07) is 21.6. The van der Waals surface area contributed by atoms with Crippen molar-refractivity contribution in [1.29, 1.82) is 0 Å². The molecule has 2 aromatic heterocycles. The number of aryl methyl sites for hydroxylation is 1. The van der Waals surface area contributed by atoms with Crippen LogP contribution in [0.5, 0.6) is 0 Å². The number of benzene rings is 3. The third kappa shape index (κ3) is 3.01. The second kappa shape index (κ2) is 6.71. The van der Waals surface area contributed by atoms with E-state index in [4.69, 9.17) is 0 Å². The minimum atomic E-state index is -0.151. The fraction of sp³-hybridized carbons (Fsp3) is 0.125. The monoisotopic (exact) mass is 381 g/mol. The topological polar surface area (TPSA) is 67.8 Å². The summed E-state index contributed by atoms with van der Waals surface area (Å²) in [5.74, 6) is 0.0699. The van der Waals surface area contributed by atoms with Crippen LogP contribution in [-0.4, -0.2) is 20.5 Å². The molecule has 0 amide bonds. The van der Waals surface area contributed by atoms with Crippen molar-refractivity contribution < 1.29 is 4.79 Å². The zero-order chi connectivity index (χ0) is 20.0. The number of fused-ring (bicyclic) bond motifs is 4. The van der Waals surface area contributed by atoms with Gasteiger partial charge in [-0.05, 0) is 29.8 Å². The lowest BCUT2D eigenvalue weighted by atomic mass is 10.0. The van der Waals surface area contributed by atoms with Crippen molar-refractivity contribution in [2.24, 2.45) is 7.05 Å². The number of carbonyl (C=O) groups excluding carboxylic acids is 1. The largest absolute Gasteiger partial charge is 0.355 e. The lowest BCUT2D eigenvalue weighted by Crippen LogP contribution is -2.22. The van der Waals surface area contributed by atoms with E-state index >= 15 is 0 Å². The average Bonchev–Trinajstić information content (AvgIpc) is 3.10. The first-order chi connectivity index (χ1) is 14.1. The van der Waals surface area contributed by atoms with Crippen molar-refractivity contribution >= 4 is 38.4 Å². The molecule has 3 aromatic carbocycles. The summed E-state index contributed by atoms with van der Waals surface area (Å²) in [5.41, 5.74) is 3.61. The van der Waals surface area contributed by atoms with E-state index in [9.17, 15) is 9.59 Å². The van der Waals surface area contributed by atoms with Crippen LogP contribution in [0.1, 0.15) is 11.3 Å². The highest BCUT2D eigenvalue weighted by molar-refractivity contribution is 6.07. The minimum Gasteiger partial charge on any atom is -0.355 e. The second-order valence-corrected chi connectivity index (χ2v) is 7.36. The number of ketones is 1. The molecule has 5 aromatic rings. The molecule has 0 spiro atoms. The van der Waals surface area contributed by atoms with Crippen LogP contribution in [0.25, 0.3) is 32.6 Å². The number of nitrogens with zero attached hydrogens (tertiary/aromatic N) is 2. The molecule has 0 fully saturated rings. The van der Waals surface area contributed by atoms with E-state index in [-0.39, 0.29) is 17.8 Å². The summed E-state index contributed by atoms with van der Waals surface area (Å²) in [6.07, 6.45) is 0.523. The Labute approximate surface area is 166 Å². The Balaban J connectivity index is 1.47. The van der Waals surface area contributed by atoms with Crippen LogP contribution >= 0.6 is 0 Å². The van der Waals surface area contributed by atoms with Crippen LogP contribution in [0.2, 0.25) is 0 Å². The highest BCUT2D eigenvalue weighted by atomic mass is 16.1. The number of Topliss-reactive ketones (excluding diaryl/α,β-unsaturated/α-hetero) is 1. The number of H-pyrrole nitrogens is 1. The molecule has 5 rings (SSSR count). The third-order valence-corrected chi connectivity index (χ3v) is 5.37. The molecule has 0 bridgehead atoms. The Morgan fingerprint density at radius 1 is 0.862 bits per heavy atom. The molecule has 1 N–H and O–H groups in total. The summed E-state index contributed by atoms with van der Waals surface area (Å²) in [7, 11) is 1.62. The zero-order valence-corrected chi connectivity index (χ0v) is 16.0. The maximum absolute atomic E-state index is 12.8. The summed E-state index contributed by atoms with van der Waals surface area (Å²) >= 11 is 0. The number of aromatic amines is 1. The highest BCUT2D eigenvalue weighted by Gasteiger charge is 2.13. The molecule has 0 unspecified atom stereocenters. The first-order valence-corrected chi connectivity index (χ1v) is 9.56. The van der Waals surface area contributed by atoms with Gasteiger partial charge in [-0.2, -0.15) is 5.10 Å². The van der Waals surface area contributed by atoms with Gasteiger partial charge >= 0.3 is 0 Å². The third-order valence-electron chi connectivity index (χ3n) is 5.37. The predicted molar refractivity (Wildman–Crippen MR) is 115 cm³/mol. The van der Waals surface area contributed by atoms with Gasteiger partial charge < -0.3 is 4.98 Å². The Bertz CT molecular complexity index is 1460. The molecule has 0 aliphatic carbocycles. The van der Waals surface area contributed by atoms with E-state index in [1.54, 1.807) is 13.1 Å². The number of hydrogen-bond acceptors (Lipinski definition) is 3. The molecular formula is C24H19N3O2. The molecule has 0 saturated carbocycles. The zero-order valence-electron chi connectivity index (χ0n) is 16.0. The van der Waals surface area contributed by atoms with Gasteiger partial charge in [-0.3, -0.25) is 9.59 Å². The molecule has 2 heterocycles. The average molecular weight is 381 g/mol. The fourth-order valence-corrected chi connectivity index (χ4v) is 3.99. The van der Waals surface area contributed by atoms with Crippen molar-refractivity contribution in [3.05, 3.63) is 88.3 Å². The Morgan fingerprint density at radius 2 is 1.55 bits per heavy atom. The van der Waals surface area contributed by atoms with Gasteiger partial charge in [0, 0.05) is 40.7 Å². The van der Waals surface area contributed by atoms with Crippen LogP contribution in [0.3, 0.4) is 0 Å². The van der Waals surface area contributed by atoms with Gasteiger partial charge in [0.15, 0.2) is 0 Å². The molecule has 29 heavy (non-hydrogen) atoms. The summed E-state index contributed by atoms with van der Waals surface area (Å²) in [6.45, 7) is 0. The lowest BCUT2D eigenvalue weighted by molar-refractivity contribution is -0.117. The van der Waals surface area contributed by atoms with Gasteiger partial charge in [0.05, 0.1) is 17.5 Å². The Kier molecular flexibility index (Phi) is 4.02. The number of carbonyl (C=O) groups is 1. The predicted octanol–water partition coefficient (Wildman–Crippen LogP) is 3.92. The number of para-hydroxylation sites is 1. The molecule has 0 aliphatic rings. The lowest BCUT2D eigenvalue weighted by Gasteiger charge is -2.08. The summed E-state index contributed by atoms with van der Waals surface area (Å²) in [5, 5.41) is 7.96. The number of hydrogen-bond donors (Lipinski definition) is 1. The van der Waals surface area contributed by atoms with Gasteiger partial charge in [0.25, 0.3) is 5.56 Å². The van der Waals surface area contributed by atoms with Gasteiger partial charge in [0.1, 0.15) is 5.78 Å². The van der Waals surface area contributed by atoms with Crippen molar-refractivity contribution in [3.8, 4) is 0 Å². The van der Waals surface area contributed by atoms with Crippen LogP contribution in [0, 0.1) is 0 Å². The Morgan fingerprint density at radius 3 is 2.38 bits per heavy atom. The standard InChI is InChI=1S/C24H19N3O2/c1-27-24(29)19-8-3-2-6-17(19)23(26-27)14-16(28)12-15-10-11-22-20(13-15)18-7-4-5-9-21(18)25-22/h2-11,13,25H,12,14H2,1H3. The van der Waals surface area contributed by atoms with Gasteiger partial charge in [-0.15, -0.1) is 0 Å². The Hall–Kier alpha value is -3.73. The van der Waals surface area contributed by atoms with E-state index in [2.05, 4.69) is 28.3 Å². The first-order valence-electron chi connectivity index (χ1n) is 9.56. The molecule has 0 aliphatic heterocycles. The summed E-state index contributed by atoms with van der Waals surface area (Å²) in [4.78, 5) is 28.5. The van der Waals surface area contributed by atoms with Gasteiger partial charge in [-0.25, -0.2) is 4.68 Å². The van der Waals surface area contributed by atoms with Crippen LogP contribution < -0.4 is 5.56 Å². The summed E-state index contributed by atoms with van der Waals surface area (Å²) < 4.78 is 1.31. The number of aromatic nitrogens is 3. The van der Waals surface area contributed by atoms with Gasteiger partial charge in [-0.1, -0.05) is 42.5 Å². The van der Waals surface area contributed by atoms with E-state index in [1.165, 1.54) is 4.68 Å². The van der Waals surface area contributed by atoms with Crippen LogP contribution in [0.15, 0.2) is 71.5 Å². The van der Waals surface area contributed by atoms with E-state index in [0.29, 0.717) is 17.5 Å². The maximum Gasteiger partial charge on any atom is 0.274 e. The van der Waals surface area contributed by atoms with E-state index in [0.717, 1.165) is 32.8 Å². The molecule has 0 radical (unpaired) electrons. The molecular weight excluding hydrogens is 362 g/mol. The van der Waals surface area contributed by atoms with Crippen molar-refractivity contribution in [1.82, 2.24) is 14.8 Å². The second-order valence-electron chi connectivity index (χ2n) is 7.36. The quantitative estimate of drug-likeness (QED) is 0.513. The maximum atomic E-state index is 12.8. The molecule has 0 saturated heterocycles. The molecule has 0 atom stereocenters. The minimum absolute atomic E-state index is 0.0699. The van der Waals surface area contributed by atoms with Crippen molar-refractivity contribution in [2.75, 3.05) is 0 Å². The number of rotatable bonds is 4. The van der Waals surface area contributed by atoms with Crippen LogP contribution in [-0.2, 0) is 24.7 Å². The molecule has 142 valence electrons. The van der Waals surface area contributed by atoms with Crippen molar-refractivity contribution in [3.63, 3.8) is 0 Å². The molecule has 5 heteroatoms. The normalized spacial score (nSPS) is 11.5. The fourth-order valence-electron chi connectivity index (χ4n) is 3.99. The van der Waals surface area contributed by atoms with Crippen LogP contribution in [0.4, 0.5) is 0 Å². The highest BCUT2D eigenvalue weighted by Crippen LogP contribution is 2.26. The SMILES string of the molecule is Cn1nc(CC(=O)Cc2ccc3[nH]c4ccccc4c3c2)c2ccccc2c1=O. The smallest absolute Gasteiger partial charge is 0.274 e. The van der Waals surface area contributed by atoms with E-state index in [1.807, 2.05) is 42.5 Å². The molecule has 5 nitrogen and oxygen atoms in total.